The minimum Gasteiger partial charge on any atom is -0.508 e. The number of hydrogen-bond donors (Lipinski definition) is 2. The topological polar surface area (TPSA) is 66.8 Å². The molecule has 0 fully saturated rings. The maximum atomic E-state index is 12.0. The van der Waals surface area contributed by atoms with Crippen molar-refractivity contribution in [3.8, 4) is 11.5 Å². The van der Waals surface area contributed by atoms with Gasteiger partial charge in [-0.05, 0) is 38.5 Å². The van der Waals surface area contributed by atoms with Crippen LogP contribution in [0.25, 0.3) is 0 Å². The van der Waals surface area contributed by atoms with Crippen LogP contribution in [0.5, 0.6) is 11.5 Å². The van der Waals surface area contributed by atoms with Gasteiger partial charge in [0.15, 0.2) is 0 Å². The van der Waals surface area contributed by atoms with E-state index >= 15 is 0 Å². The smallest absolute Gasteiger partial charge is 0.316 e. The summed E-state index contributed by atoms with van der Waals surface area (Å²) in [6, 6.07) is 4.12. The van der Waals surface area contributed by atoms with Crippen LogP contribution in [-0.2, 0) is 14.9 Å². The fraction of sp³-hybridized carbons (Fsp3) is 0.500. The van der Waals surface area contributed by atoms with Crippen molar-refractivity contribution in [3.05, 3.63) is 23.8 Å². The molecule has 4 nitrogen and oxygen atoms in total. The highest BCUT2D eigenvalue weighted by atomic mass is 16.5. The number of unbranched alkanes of at least 4 members (excludes halogenated alkanes) is 1. The molecule has 0 unspecified atom stereocenters. The van der Waals surface area contributed by atoms with E-state index in [-0.39, 0.29) is 11.5 Å². The second-order valence-electron chi connectivity index (χ2n) is 4.82. The van der Waals surface area contributed by atoms with E-state index in [9.17, 15) is 15.0 Å². The highest BCUT2D eigenvalue weighted by Gasteiger charge is 2.34. The zero-order valence-corrected chi connectivity index (χ0v) is 11.1. The molecule has 0 amide bonds. The fourth-order valence-electron chi connectivity index (χ4n) is 1.62. The maximum absolute atomic E-state index is 12.0. The van der Waals surface area contributed by atoms with Gasteiger partial charge in [0.2, 0.25) is 0 Å². The van der Waals surface area contributed by atoms with Crippen molar-refractivity contribution in [2.24, 2.45) is 0 Å². The molecule has 0 aromatic heterocycles. The molecule has 0 aliphatic heterocycles. The predicted molar refractivity (Wildman–Crippen MR) is 68.7 cm³/mol. The van der Waals surface area contributed by atoms with Crippen molar-refractivity contribution in [1.29, 1.82) is 0 Å². The summed E-state index contributed by atoms with van der Waals surface area (Å²) in [5.74, 6) is -0.417. The summed E-state index contributed by atoms with van der Waals surface area (Å²) >= 11 is 0. The van der Waals surface area contributed by atoms with Gasteiger partial charge in [-0.3, -0.25) is 4.79 Å². The predicted octanol–water partition coefficient (Wildman–Crippen LogP) is 2.72. The van der Waals surface area contributed by atoms with Gasteiger partial charge in [0, 0.05) is 5.56 Å². The van der Waals surface area contributed by atoms with Crippen molar-refractivity contribution in [2.45, 2.75) is 39.0 Å². The summed E-state index contributed by atoms with van der Waals surface area (Å²) in [7, 11) is 0. The molecule has 0 atom stereocenters. The number of hydrogen-bond acceptors (Lipinski definition) is 4. The Kier molecular flexibility index (Phi) is 4.59. The lowest BCUT2D eigenvalue weighted by molar-refractivity contribution is -0.149. The molecule has 0 heterocycles. The first-order chi connectivity index (χ1) is 8.39. The highest BCUT2D eigenvalue weighted by molar-refractivity contribution is 5.83. The molecule has 2 N–H and O–H groups in total. The molecular formula is C14H20O4. The van der Waals surface area contributed by atoms with Crippen LogP contribution in [0.4, 0.5) is 0 Å². The van der Waals surface area contributed by atoms with Crippen molar-refractivity contribution in [2.75, 3.05) is 6.61 Å². The lowest BCUT2D eigenvalue weighted by Crippen LogP contribution is -2.31. The standard InChI is InChI=1S/C14H20O4/c1-4-5-8-18-13(17)14(2,3)11-9-10(15)6-7-12(11)16/h6-7,9,15-16H,4-5,8H2,1-3H3. The van der Waals surface area contributed by atoms with Gasteiger partial charge in [0.1, 0.15) is 11.5 Å². The quantitative estimate of drug-likeness (QED) is 0.480. The number of benzene rings is 1. The molecule has 100 valence electrons. The Balaban J connectivity index is 2.90. The van der Waals surface area contributed by atoms with Crippen molar-refractivity contribution in [1.82, 2.24) is 0 Å². The Morgan fingerprint density at radius 1 is 1.33 bits per heavy atom. The van der Waals surface area contributed by atoms with Crippen LogP contribution >= 0.6 is 0 Å². The van der Waals surface area contributed by atoms with E-state index in [0.717, 1.165) is 12.8 Å². The Morgan fingerprint density at radius 2 is 2.00 bits per heavy atom. The van der Waals surface area contributed by atoms with E-state index < -0.39 is 11.4 Å². The van der Waals surface area contributed by atoms with E-state index in [2.05, 4.69) is 0 Å². The SMILES string of the molecule is CCCCOC(=O)C(C)(C)c1cc(O)ccc1O. The minimum absolute atomic E-state index is 0.0113. The zero-order valence-electron chi connectivity index (χ0n) is 11.1. The van der Waals surface area contributed by atoms with Gasteiger partial charge in [-0.2, -0.15) is 0 Å². The van der Waals surface area contributed by atoms with Crippen molar-refractivity contribution in [3.63, 3.8) is 0 Å². The van der Waals surface area contributed by atoms with E-state index in [4.69, 9.17) is 4.74 Å². The van der Waals surface area contributed by atoms with Crippen LogP contribution in [-0.4, -0.2) is 22.8 Å². The third-order valence-corrected chi connectivity index (χ3v) is 2.89. The number of carbonyl (C=O) groups excluding carboxylic acids is 1. The molecule has 1 aromatic carbocycles. The average Bonchev–Trinajstić information content (AvgIpc) is 2.32. The molecular weight excluding hydrogens is 232 g/mol. The number of ether oxygens (including phenoxy) is 1. The van der Waals surface area contributed by atoms with Crippen molar-refractivity contribution >= 4 is 5.97 Å². The molecule has 1 rings (SSSR count). The van der Waals surface area contributed by atoms with Crippen LogP contribution < -0.4 is 0 Å². The van der Waals surface area contributed by atoms with Gasteiger partial charge >= 0.3 is 5.97 Å². The van der Waals surface area contributed by atoms with Crippen LogP contribution in [0.15, 0.2) is 18.2 Å². The first-order valence-electron chi connectivity index (χ1n) is 6.09. The third-order valence-electron chi connectivity index (χ3n) is 2.89. The lowest BCUT2D eigenvalue weighted by Gasteiger charge is -2.24. The summed E-state index contributed by atoms with van der Waals surface area (Å²) in [6.07, 6.45) is 1.76. The monoisotopic (exact) mass is 252 g/mol. The summed E-state index contributed by atoms with van der Waals surface area (Å²) in [5.41, 5.74) is -0.625. The molecule has 1 aromatic rings. The van der Waals surface area contributed by atoms with Gasteiger partial charge in [-0.25, -0.2) is 0 Å². The molecule has 0 bridgehead atoms. The second kappa shape index (κ2) is 5.76. The van der Waals surface area contributed by atoms with E-state index in [1.54, 1.807) is 13.8 Å². The number of esters is 1. The number of rotatable bonds is 5. The lowest BCUT2D eigenvalue weighted by atomic mass is 9.84. The van der Waals surface area contributed by atoms with Crippen LogP contribution in [0.2, 0.25) is 0 Å². The number of phenols is 2. The molecule has 0 aliphatic rings. The molecule has 0 saturated heterocycles. The maximum Gasteiger partial charge on any atom is 0.316 e. The number of aromatic hydroxyl groups is 2. The Bertz CT molecular complexity index is 424. The number of phenolic OH excluding ortho intramolecular Hbond substituents is 2. The summed E-state index contributed by atoms with van der Waals surface area (Å²) < 4.78 is 5.16. The second-order valence-corrected chi connectivity index (χ2v) is 4.82. The summed E-state index contributed by atoms with van der Waals surface area (Å²) in [6.45, 7) is 5.71. The number of carbonyl (C=O) groups is 1. The van der Waals surface area contributed by atoms with Gasteiger partial charge in [0.05, 0.1) is 12.0 Å². The molecule has 18 heavy (non-hydrogen) atoms. The highest BCUT2D eigenvalue weighted by Crippen LogP contribution is 2.34. The fourth-order valence-corrected chi connectivity index (χ4v) is 1.62. The zero-order chi connectivity index (χ0) is 13.8. The Labute approximate surface area is 107 Å². The van der Waals surface area contributed by atoms with Gasteiger partial charge in [-0.1, -0.05) is 13.3 Å². The average molecular weight is 252 g/mol. The molecule has 0 radical (unpaired) electrons. The van der Waals surface area contributed by atoms with Gasteiger partial charge in [0.25, 0.3) is 0 Å². The molecule has 0 saturated carbocycles. The minimum atomic E-state index is -0.990. The third kappa shape index (κ3) is 3.15. The molecule has 0 spiro atoms. The largest absolute Gasteiger partial charge is 0.508 e. The summed E-state index contributed by atoms with van der Waals surface area (Å²) in [5, 5.41) is 19.2. The Morgan fingerprint density at radius 3 is 2.61 bits per heavy atom. The molecule has 0 aliphatic carbocycles. The van der Waals surface area contributed by atoms with Crippen LogP contribution in [0.3, 0.4) is 0 Å². The van der Waals surface area contributed by atoms with Crippen LogP contribution in [0, 0.1) is 0 Å². The Hall–Kier alpha value is -1.71. The van der Waals surface area contributed by atoms with Crippen molar-refractivity contribution < 1.29 is 19.7 Å². The van der Waals surface area contributed by atoms with E-state index in [0.29, 0.717) is 12.2 Å². The van der Waals surface area contributed by atoms with E-state index in [1.165, 1.54) is 18.2 Å². The first-order valence-corrected chi connectivity index (χ1v) is 6.09. The molecule has 4 heteroatoms. The summed E-state index contributed by atoms with van der Waals surface area (Å²) in [4.78, 5) is 12.0. The normalized spacial score (nSPS) is 11.3. The van der Waals surface area contributed by atoms with Gasteiger partial charge in [-0.15, -0.1) is 0 Å². The van der Waals surface area contributed by atoms with Crippen LogP contribution in [0.1, 0.15) is 39.2 Å². The van der Waals surface area contributed by atoms with E-state index in [1.807, 2.05) is 6.92 Å². The first kappa shape index (κ1) is 14.4. The van der Waals surface area contributed by atoms with Gasteiger partial charge < -0.3 is 14.9 Å².